The molecule has 114 valence electrons. The van der Waals surface area contributed by atoms with E-state index in [4.69, 9.17) is 0 Å². The van der Waals surface area contributed by atoms with Gasteiger partial charge < -0.3 is 15.3 Å². The number of rotatable bonds is 5. The second-order valence-corrected chi connectivity index (χ2v) is 6.88. The first-order chi connectivity index (χ1) is 9.37. The molecular weight excluding hydrogens is 256 g/mol. The molecule has 0 unspecified atom stereocenters. The zero-order valence-electron chi connectivity index (χ0n) is 12.6. The fourth-order valence-electron chi connectivity index (χ4n) is 3.14. The van der Waals surface area contributed by atoms with Gasteiger partial charge >= 0.3 is 12.0 Å². The van der Waals surface area contributed by atoms with Crippen molar-refractivity contribution in [2.75, 3.05) is 13.6 Å². The molecule has 0 bridgehead atoms. The van der Waals surface area contributed by atoms with Crippen LogP contribution in [0.4, 0.5) is 4.79 Å². The topological polar surface area (TPSA) is 69.6 Å². The van der Waals surface area contributed by atoms with Crippen molar-refractivity contribution in [3.8, 4) is 0 Å². The zero-order valence-corrected chi connectivity index (χ0v) is 12.6. The van der Waals surface area contributed by atoms with E-state index in [0.717, 1.165) is 44.9 Å². The number of urea groups is 1. The van der Waals surface area contributed by atoms with Gasteiger partial charge in [0.15, 0.2) is 0 Å². The van der Waals surface area contributed by atoms with Crippen LogP contribution in [0.15, 0.2) is 0 Å². The Balaban J connectivity index is 1.99. The normalized spacial score (nSPS) is 22.9. The lowest BCUT2D eigenvalue weighted by Crippen LogP contribution is -2.55. The molecule has 5 nitrogen and oxygen atoms in total. The van der Waals surface area contributed by atoms with E-state index in [1.54, 1.807) is 11.9 Å². The van der Waals surface area contributed by atoms with E-state index in [9.17, 15) is 14.7 Å². The molecule has 0 saturated heterocycles. The highest BCUT2D eigenvalue weighted by Gasteiger charge is 2.42. The van der Waals surface area contributed by atoms with Crippen LogP contribution in [0.5, 0.6) is 0 Å². The second kappa shape index (κ2) is 5.62. The van der Waals surface area contributed by atoms with Crippen LogP contribution in [-0.4, -0.2) is 41.1 Å². The number of nitrogens with one attached hydrogen (secondary N) is 1. The third kappa shape index (κ3) is 3.44. The smallest absolute Gasteiger partial charge is 0.317 e. The van der Waals surface area contributed by atoms with Gasteiger partial charge in [-0.15, -0.1) is 0 Å². The van der Waals surface area contributed by atoms with Crippen LogP contribution < -0.4 is 5.32 Å². The van der Waals surface area contributed by atoms with Crippen molar-refractivity contribution in [1.82, 2.24) is 10.2 Å². The summed E-state index contributed by atoms with van der Waals surface area (Å²) in [5, 5.41) is 12.1. The molecule has 0 atom stereocenters. The highest BCUT2D eigenvalue weighted by Crippen LogP contribution is 2.44. The first kappa shape index (κ1) is 15.1. The summed E-state index contributed by atoms with van der Waals surface area (Å²) in [6.45, 7) is 2.86. The predicted octanol–water partition coefficient (Wildman–Crippen LogP) is 2.61. The minimum absolute atomic E-state index is 0.0498. The van der Waals surface area contributed by atoms with Gasteiger partial charge in [0.25, 0.3) is 0 Å². The zero-order chi connectivity index (χ0) is 14.8. The summed E-state index contributed by atoms with van der Waals surface area (Å²) in [4.78, 5) is 25.2. The summed E-state index contributed by atoms with van der Waals surface area (Å²) in [5.41, 5.74) is -0.234. The lowest BCUT2D eigenvalue weighted by atomic mass is 9.78. The van der Waals surface area contributed by atoms with Crippen LogP contribution in [0.2, 0.25) is 0 Å². The Kier molecular flexibility index (Phi) is 4.25. The molecule has 0 aromatic heterocycles. The van der Waals surface area contributed by atoms with Crippen molar-refractivity contribution in [1.29, 1.82) is 0 Å². The molecule has 5 heteroatoms. The molecule has 20 heavy (non-hydrogen) atoms. The number of nitrogens with zero attached hydrogens (tertiary/aromatic N) is 1. The van der Waals surface area contributed by atoms with Crippen molar-refractivity contribution >= 4 is 12.0 Å². The first-order valence-electron chi connectivity index (χ1n) is 7.60. The Morgan fingerprint density at radius 1 is 1.15 bits per heavy atom. The number of aliphatic carboxylic acids is 1. The molecule has 0 aromatic carbocycles. The highest BCUT2D eigenvalue weighted by molar-refractivity contribution is 5.76. The second-order valence-electron chi connectivity index (χ2n) is 6.88. The van der Waals surface area contributed by atoms with E-state index in [-0.39, 0.29) is 17.9 Å². The predicted molar refractivity (Wildman–Crippen MR) is 76.6 cm³/mol. The summed E-state index contributed by atoms with van der Waals surface area (Å²) in [5.74, 6) is -0.819. The molecule has 0 spiro atoms. The molecule has 2 N–H and O–H groups in total. The lowest BCUT2D eigenvalue weighted by Gasteiger charge is -2.43. The molecule has 0 aliphatic heterocycles. The number of carbonyl (C=O) groups excluding carboxylic acids is 1. The van der Waals surface area contributed by atoms with Crippen LogP contribution in [-0.2, 0) is 4.79 Å². The summed E-state index contributed by atoms with van der Waals surface area (Å²) in [6, 6.07) is -0.124. The Labute approximate surface area is 120 Å². The van der Waals surface area contributed by atoms with E-state index in [0.29, 0.717) is 6.54 Å². The Morgan fingerprint density at radius 2 is 1.75 bits per heavy atom. The summed E-state index contributed by atoms with van der Waals surface area (Å²) >= 11 is 0. The van der Waals surface area contributed by atoms with Crippen molar-refractivity contribution in [2.24, 2.45) is 5.41 Å². The van der Waals surface area contributed by atoms with Gasteiger partial charge in [0.2, 0.25) is 0 Å². The maximum Gasteiger partial charge on any atom is 0.317 e. The molecule has 2 amide bonds. The van der Waals surface area contributed by atoms with E-state index < -0.39 is 11.5 Å². The summed E-state index contributed by atoms with van der Waals surface area (Å²) < 4.78 is 0. The number of hydrogen-bond donors (Lipinski definition) is 2. The van der Waals surface area contributed by atoms with Crippen LogP contribution in [0.1, 0.15) is 58.3 Å². The van der Waals surface area contributed by atoms with Crippen LogP contribution in [0, 0.1) is 5.41 Å². The van der Waals surface area contributed by atoms with E-state index in [2.05, 4.69) is 12.2 Å². The van der Waals surface area contributed by atoms with Gasteiger partial charge in [0.1, 0.15) is 0 Å². The number of hydrogen-bond acceptors (Lipinski definition) is 2. The number of carboxylic acids is 1. The summed E-state index contributed by atoms with van der Waals surface area (Å²) in [6.07, 6.45) is 7.10. The maximum atomic E-state index is 12.3. The maximum absolute atomic E-state index is 12.3. The average molecular weight is 282 g/mol. The Hall–Kier alpha value is -1.26. The number of carbonyl (C=O) groups is 2. The van der Waals surface area contributed by atoms with Gasteiger partial charge in [-0.3, -0.25) is 4.79 Å². The fourth-order valence-corrected chi connectivity index (χ4v) is 3.14. The minimum atomic E-state index is -0.819. The van der Waals surface area contributed by atoms with Gasteiger partial charge in [-0.2, -0.15) is 0 Å². The van der Waals surface area contributed by atoms with Crippen LogP contribution >= 0.6 is 0 Å². The quantitative estimate of drug-likeness (QED) is 0.814. The molecule has 0 radical (unpaired) electrons. The third-order valence-corrected chi connectivity index (χ3v) is 5.05. The molecule has 0 heterocycles. The standard InChI is InChI=1S/C15H26N2O3/c1-14(8-9-14)11-16-13(20)17(2)15(10-12(18)19)6-4-3-5-7-15/h3-11H2,1-2H3,(H,16,20)(H,18,19). The molecule has 2 rings (SSSR count). The van der Waals surface area contributed by atoms with Crippen molar-refractivity contribution in [3.63, 3.8) is 0 Å². The molecule has 2 fully saturated rings. The number of amides is 2. The van der Waals surface area contributed by atoms with E-state index >= 15 is 0 Å². The molecular formula is C15H26N2O3. The third-order valence-electron chi connectivity index (χ3n) is 5.05. The Morgan fingerprint density at radius 3 is 2.25 bits per heavy atom. The Bertz CT molecular complexity index is 385. The SMILES string of the molecule is CN(C(=O)NCC1(C)CC1)C1(CC(=O)O)CCCCC1. The minimum Gasteiger partial charge on any atom is -0.481 e. The average Bonchev–Trinajstić information content (AvgIpc) is 3.14. The first-order valence-corrected chi connectivity index (χ1v) is 7.60. The molecule has 2 saturated carbocycles. The van der Waals surface area contributed by atoms with Gasteiger partial charge in [0.05, 0.1) is 12.0 Å². The summed E-state index contributed by atoms with van der Waals surface area (Å²) in [7, 11) is 1.75. The van der Waals surface area contributed by atoms with Gasteiger partial charge in [-0.1, -0.05) is 26.2 Å². The van der Waals surface area contributed by atoms with Crippen LogP contribution in [0.25, 0.3) is 0 Å². The largest absolute Gasteiger partial charge is 0.481 e. The molecule has 2 aliphatic rings. The molecule has 2 aliphatic carbocycles. The van der Waals surface area contributed by atoms with Crippen molar-refractivity contribution in [2.45, 2.75) is 63.8 Å². The molecule has 0 aromatic rings. The fraction of sp³-hybridized carbons (Fsp3) is 0.867. The highest BCUT2D eigenvalue weighted by atomic mass is 16.4. The van der Waals surface area contributed by atoms with Crippen molar-refractivity contribution in [3.05, 3.63) is 0 Å². The number of carboxylic acid groups (broad SMARTS) is 1. The monoisotopic (exact) mass is 282 g/mol. The van der Waals surface area contributed by atoms with Crippen LogP contribution in [0.3, 0.4) is 0 Å². The van der Waals surface area contributed by atoms with E-state index in [1.807, 2.05) is 0 Å². The van der Waals surface area contributed by atoms with E-state index in [1.165, 1.54) is 0 Å². The lowest BCUT2D eigenvalue weighted by molar-refractivity contribution is -0.140. The van der Waals surface area contributed by atoms with Gasteiger partial charge in [0, 0.05) is 13.6 Å². The van der Waals surface area contributed by atoms with Gasteiger partial charge in [-0.25, -0.2) is 4.79 Å². The van der Waals surface area contributed by atoms with Gasteiger partial charge in [-0.05, 0) is 31.1 Å². The van der Waals surface area contributed by atoms with Crippen molar-refractivity contribution < 1.29 is 14.7 Å².